The number of aromatic nitrogens is 2. The van der Waals surface area contributed by atoms with Crippen LogP contribution >= 0.6 is 11.8 Å². The van der Waals surface area contributed by atoms with Crippen LogP contribution in [0.3, 0.4) is 0 Å². The maximum absolute atomic E-state index is 13.3. The number of benzene rings is 1. The van der Waals surface area contributed by atoms with Crippen LogP contribution in [0.1, 0.15) is 23.9 Å². The molecule has 1 N–H and O–H groups in total. The number of hydrogen-bond acceptors (Lipinski definition) is 5. The number of amides is 1. The number of rotatable bonds is 5. The van der Waals surface area contributed by atoms with Crippen molar-refractivity contribution in [2.45, 2.75) is 18.5 Å². The van der Waals surface area contributed by atoms with Crippen LogP contribution in [0.4, 0.5) is 4.39 Å². The molecule has 1 aliphatic heterocycles. The lowest BCUT2D eigenvalue weighted by molar-refractivity contribution is -0.132. The van der Waals surface area contributed by atoms with Gasteiger partial charge in [0.2, 0.25) is 5.91 Å². The highest BCUT2D eigenvalue weighted by Crippen LogP contribution is 2.26. The summed E-state index contributed by atoms with van der Waals surface area (Å²) in [6.45, 7) is 0.926. The summed E-state index contributed by atoms with van der Waals surface area (Å²) in [7, 11) is 1.75. The first kappa shape index (κ1) is 17.8. The standard InChI is InChI=1S/C18H21FN4OS/c1-23(16(24)11-15-12-25-10-9-20-15)17(18-21-7-2-8-22-18)13-3-5-14(19)6-4-13/h2-8,15,17,20H,9-12H2,1H3/t15-,17+/m1/s1. The monoisotopic (exact) mass is 360 g/mol. The van der Waals surface area contributed by atoms with Crippen molar-refractivity contribution in [2.75, 3.05) is 25.1 Å². The van der Waals surface area contributed by atoms with Crippen LogP contribution in [-0.4, -0.2) is 51.9 Å². The SMILES string of the molecule is CN(C(=O)C[C@@H]1CSCCN1)[C@@H](c1ccc(F)cc1)c1ncccn1. The fourth-order valence-corrected chi connectivity index (χ4v) is 3.84. The molecule has 132 valence electrons. The predicted octanol–water partition coefficient (Wildman–Crippen LogP) is 2.26. The van der Waals surface area contributed by atoms with Crippen molar-refractivity contribution in [3.05, 3.63) is 59.9 Å². The van der Waals surface area contributed by atoms with E-state index in [-0.39, 0.29) is 17.8 Å². The van der Waals surface area contributed by atoms with Crippen LogP contribution in [0.25, 0.3) is 0 Å². The van der Waals surface area contributed by atoms with E-state index in [1.165, 1.54) is 12.1 Å². The Labute approximate surface area is 151 Å². The van der Waals surface area contributed by atoms with Gasteiger partial charge in [0.1, 0.15) is 11.9 Å². The second kappa shape index (κ2) is 8.40. The Kier molecular flexibility index (Phi) is 5.99. The number of halogens is 1. The minimum Gasteiger partial charge on any atom is -0.331 e. The van der Waals surface area contributed by atoms with Crippen molar-refractivity contribution < 1.29 is 9.18 Å². The lowest BCUT2D eigenvalue weighted by Gasteiger charge is -2.30. The molecule has 3 rings (SSSR count). The lowest BCUT2D eigenvalue weighted by atomic mass is 10.0. The Morgan fingerprint density at radius 1 is 1.36 bits per heavy atom. The van der Waals surface area contributed by atoms with Gasteiger partial charge in [-0.15, -0.1) is 0 Å². The Morgan fingerprint density at radius 2 is 2.08 bits per heavy atom. The summed E-state index contributed by atoms with van der Waals surface area (Å²) in [4.78, 5) is 23.1. The van der Waals surface area contributed by atoms with Crippen molar-refractivity contribution in [2.24, 2.45) is 0 Å². The van der Waals surface area contributed by atoms with Crippen molar-refractivity contribution in [3.8, 4) is 0 Å². The summed E-state index contributed by atoms with van der Waals surface area (Å²) in [5.41, 5.74) is 0.787. The molecule has 1 fully saturated rings. The third kappa shape index (κ3) is 4.55. The van der Waals surface area contributed by atoms with E-state index in [1.54, 1.807) is 42.5 Å². The molecule has 0 spiro atoms. The summed E-state index contributed by atoms with van der Waals surface area (Å²) in [5.74, 6) is 2.24. The summed E-state index contributed by atoms with van der Waals surface area (Å²) in [5, 5.41) is 3.38. The van der Waals surface area contributed by atoms with Crippen molar-refractivity contribution in [3.63, 3.8) is 0 Å². The summed E-state index contributed by atoms with van der Waals surface area (Å²) < 4.78 is 13.3. The maximum Gasteiger partial charge on any atom is 0.224 e. The first-order valence-electron chi connectivity index (χ1n) is 8.24. The zero-order chi connectivity index (χ0) is 17.6. The largest absolute Gasteiger partial charge is 0.331 e. The predicted molar refractivity (Wildman–Crippen MR) is 96.8 cm³/mol. The van der Waals surface area contributed by atoms with Gasteiger partial charge in [-0.2, -0.15) is 11.8 Å². The van der Waals surface area contributed by atoms with Crippen LogP contribution < -0.4 is 5.32 Å². The quantitative estimate of drug-likeness (QED) is 0.886. The summed E-state index contributed by atoms with van der Waals surface area (Å²) in [6, 6.07) is 7.61. The van der Waals surface area contributed by atoms with Crippen LogP contribution in [0.5, 0.6) is 0 Å². The number of carbonyl (C=O) groups is 1. The fourth-order valence-electron chi connectivity index (χ4n) is 2.89. The highest BCUT2D eigenvalue weighted by atomic mass is 32.2. The van der Waals surface area contributed by atoms with Gasteiger partial charge in [-0.05, 0) is 23.8 Å². The third-order valence-electron chi connectivity index (χ3n) is 4.22. The first-order chi connectivity index (χ1) is 12.1. The van der Waals surface area contributed by atoms with Gasteiger partial charge in [-0.1, -0.05) is 12.1 Å². The molecule has 1 aliphatic rings. The van der Waals surface area contributed by atoms with Crippen LogP contribution in [-0.2, 0) is 4.79 Å². The number of carbonyl (C=O) groups excluding carboxylic acids is 1. The van der Waals surface area contributed by atoms with Gasteiger partial charge in [-0.3, -0.25) is 4.79 Å². The number of nitrogens with zero attached hydrogens (tertiary/aromatic N) is 3. The van der Waals surface area contributed by atoms with Crippen LogP contribution in [0.15, 0.2) is 42.7 Å². The van der Waals surface area contributed by atoms with Gasteiger partial charge in [-0.25, -0.2) is 14.4 Å². The van der Waals surface area contributed by atoms with Gasteiger partial charge in [0.15, 0.2) is 5.82 Å². The Morgan fingerprint density at radius 3 is 2.72 bits per heavy atom. The third-order valence-corrected chi connectivity index (χ3v) is 5.35. The van der Waals surface area contributed by atoms with Crippen LogP contribution in [0, 0.1) is 5.82 Å². The normalized spacial score (nSPS) is 18.6. The molecule has 1 aromatic carbocycles. The van der Waals surface area contributed by atoms with Gasteiger partial charge < -0.3 is 10.2 Å². The van der Waals surface area contributed by atoms with E-state index in [9.17, 15) is 9.18 Å². The van der Waals surface area contributed by atoms with Crippen molar-refractivity contribution in [1.82, 2.24) is 20.2 Å². The second-order valence-corrected chi connectivity index (χ2v) is 7.15. The van der Waals surface area contributed by atoms with Crippen molar-refractivity contribution in [1.29, 1.82) is 0 Å². The molecule has 25 heavy (non-hydrogen) atoms. The summed E-state index contributed by atoms with van der Waals surface area (Å²) in [6.07, 6.45) is 3.72. The molecule has 1 aromatic heterocycles. The molecule has 1 amide bonds. The second-order valence-electron chi connectivity index (χ2n) is 6.00. The summed E-state index contributed by atoms with van der Waals surface area (Å²) >= 11 is 1.86. The molecule has 2 aromatic rings. The highest BCUT2D eigenvalue weighted by molar-refractivity contribution is 7.99. The molecule has 0 aliphatic carbocycles. The molecule has 0 radical (unpaired) electrons. The maximum atomic E-state index is 13.3. The molecule has 0 bridgehead atoms. The van der Waals surface area contributed by atoms with Crippen molar-refractivity contribution >= 4 is 17.7 Å². The minimum absolute atomic E-state index is 0.0155. The van der Waals surface area contributed by atoms with E-state index in [4.69, 9.17) is 0 Å². The number of nitrogens with one attached hydrogen (secondary N) is 1. The topological polar surface area (TPSA) is 58.1 Å². The zero-order valence-corrected chi connectivity index (χ0v) is 14.9. The highest BCUT2D eigenvalue weighted by Gasteiger charge is 2.28. The van der Waals surface area contributed by atoms with Crippen LogP contribution in [0.2, 0.25) is 0 Å². The lowest BCUT2D eigenvalue weighted by Crippen LogP contribution is -2.42. The zero-order valence-electron chi connectivity index (χ0n) is 14.1. The first-order valence-corrected chi connectivity index (χ1v) is 9.40. The van der Waals surface area contributed by atoms with E-state index in [0.717, 1.165) is 23.6 Å². The molecule has 1 saturated heterocycles. The number of thioether (sulfide) groups is 1. The van der Waals surface area contributed by atoms with Gasteiger partial charge in [0, 0.05) is 50.0 Å². The Bertz CT molecular complexity index is 692. The Balaban J connectivity index is 1.82. The van der Waals surface area contributed by atoms with E-state index < -0.39 is 6.04 Å². The van der Waals surface area contributed by atoms with E-state index in [0.29, 0.717) is 12.2 Å². The van der Waals surface area contributed by atoms with E-state index in [2.05, 4.69) is 15.3 Å². The van der Waals surface area contributed by atoms with Gasteiger partial charge >= 0.3 is 0 Å². The molecule has 2 atom stereocenters. The average Bonchev–Trinajstić information content (AvgIpc) is 2.65. The molecular formula is C18H21FN4OS. The van der Waals surface area contributed by atoms with Gasteiger partial charge in [0.05, 0.1) is 0 Å². The molecular weight excluding hydrogens is 339 g/mol. The number of hydrogen-bond donors (Lipinski definition) is 1. The molecule has 5 nitrogen and oxygen atoms in total. The molecule has 0 saturated carbocycles. The average molecular weight is 360 g/mol. The van der Waals surface area contributed by atoms with E-state index in [1.807, 2.05) is 11.8 Å². The minimum atomic E-state index is -0.439. The van der Waals surface area contributed by atoms with E-state index >= 15 is 0 Å². The molecule has 0 unspecified atom stereocenters. The molecule has 7 heteroatoms. The van der Waals surface area contributed by atoms with Gasteiger partial charge in [0.25, 0.3) is 0 Å². The molecule has 2 heterocycles. The Hall–Kier alpha value is -1.99. The fraction of sp³-hybridized carbons (Fsp3) is 0.389. The smallest absolute Gasteiger partial charge is 0.224 e.